The van der Waals surface area contributed by atoms with Crippen molar-refractivity contribution >= 4 is 21.6 Å². The average molecular weight is 522 g/mol. The Morgan fingerprint density at radius 2 is 1.68 bits per heavy atom. The predicted molar refractivity (Wildman–Crippen MR) is 146 cm³/mol. The van der Waals surface area contributed by atoms with Gasteiger partial charge < -0.3 is 10.1 Å². The van der Waals surface area contributed by atoms with E-state index in [4.69, 9.17) is 4.74 Å². The van der Waals surface area contributed by atoms with Gasteiger partial charge in [-0.3, -0.25) is 14.0 Å². The van der Waals surface area contributed by atoms with Crippen molar-refractivity contribution in [2.75, 3.05) is 37.2 Å². The van der Waals surface area contributed by atoms with Crippen molar-refractivity contribution in [3.05, 3.63) is 95.1 Å². The summed E-state index contributed by atoms with van der Waals surface area (Å²) in [6, 6.07) is 22.2. The molecule has 1 fully saturated rings. The summed E-state index contributed by atoms with van der Waals surface area (Å²) in [6.07, 6.45) is 0.646. The lowest BCUT2D eigenvalue weighted by Gasteiger charge is -2.27. The van der Waals surface area contributed by atoms with Crippen LogP contribution in [0.4, 0.5) is 5.69 Å². The van der Waals surface area contributed by atoms with Gasteiger partial charge in [-0.05, 0) is 48.2 Å². The standard InChI is InChI=1S/C29H35N3O4S/c1-3-26-9-4-5-10-28(26)32(37(34,35)27-13-11-23(2)12-14-27)22-29(33)30-20-24-7-6-8-25(19-24)21-31-15-17-36-18-16-31/h4-14,19H,3,15-18,20-22H2,1-2H3,(H,30,33). The fourth-order valence-corrected chi connectivity index (χ4v) is 5.89. The molecule has 0 saturated carbocycles. The van der Waals surface area contributed by atoms with E-state index in [1.54, 1.807) is 36.4 Å². The molecule has 1 aliphatic heterocycles. The van der Waals surface area contributed by atoms with Crippen molar-refractivity contribution in [3.8, 4) is 0 Å². The van der Waals surface area contributed by atoms with Gasteiger partial charge in [0, 0.05) is 26.2 Å². The minimum Gasteiger partial charge on any atom is -0.379 e. The molecule has 3 aromatic rings. The zero-order valence-electron chi connectivity index (χ0n) is 21.5. The molecule has 1 saturated heterocycles. The molecule has 37 heavy (non-hydrogen) atoms. The van der Waals surface area contributed by atoms with Crippen molar-refractivity contribution in [1.29, 1.82) is 0 Å². The van der Waals surface area contributed by atoms with Crippen LogP contribution in [-0.2, 0) is 39.1 Å². The Bertz CT molecular complexity index is 1300. The molecule has 0 unspecified atom stereocenters. The van der Waals surface area contributed by atoms with E-state index in [9.17, 15) is 13.2 Å². The number of rotatable bonds is 10. The summed E-state index contributed by atoms with van der Waals surface area (Å²) in [5.41, 5.74) is 4.50. The van der Waals surface area contributed by atoms with Crippen LogP contribution in [0.3, 0.4) is 0 Å². The number of ether oxygens (including phenoxy) is 1. The molecule has 0 bridgehead atoms. The quantitative estimate of drug-likeness (QED) is 0.438. The summed E-state index contributed by atoms with van der Waals surface area (Å²) in [4.78, 5) is 15.6. The second-order valence-electron chi connectivity index (χ2n) is 9.29. The predicted octanol–water partition coefficient (Wildman–Crippen LogP) is 3.90. The van der Waals surface area contributed by atoms with E-state index in [1.165, 1.54) is 9.87 Å². The molecule has 0 aliphatic carbocycles. The zero-order chi connectivity index (χ0) is 26.3. The Balaban J connectivity index is 1.49. The molecule has 3 aromatic carbocycles. The highest BCUT2D eigenvalue weighted by molar-refractivity contribution is 7.92. The van der Waals surface area contributed by atoms with E-state index in [-0.39, 0.29) is 17.3 Å². The van der Waals surface area contributed by atoms with Gasteiger partial charge in [-0.15, -0.1) is 0 Å². The van der Waals surface area contributed by atoms with E-state index >= 15 is 0 Å². The first-order valence-corrected chi connectivity index (χ1v) is 14.1. The van der Waals surface area contributed by atoms with Gasteiger partial charge in [0.25, 0.3) is 10.0 Å². The van der Waals surface area contributed by atoms with E-state index in [0.29, 0.717) is 18.7 Å². The Hall–Kier alpha value is -3.20. The molecular formula is C29H35N3O4S. The fourth-order valence-electron chi connectivity index (χ4n) is 4.43. The number of nitrogens with zero attached hydrogens (tertiary/aromatic N) is 2. The topological polar surface area (TPSA) is 79.0 Å². The fraction of sp³-hybridized carbons (Fsp3) is 0.345. The molecule has 7 nitrogen and oxygen atoms in total. The van der Waals surface area contributed by atoms with Crippen LogP contribution in [0.25, 0.3) is 0 Å². The molecule has 0 aromatic heterocycles. The van der Waals surface area contributed by atoms with Crippen LogP contribution in [-0.4, -0.2) is 52.1 Å². The van der Waals surface area contributed by atoms with Gasteiger partial charge in [-0.1, -0.05) is 67.1 Å². The minimum absolute atomic E-state index is 0.160. The Morgan fingerprint density at radius 1 is 0.973 bits per heavy atom. The van der Waals surface area contributed by atoms with Gasteiger partial charge in [0.2, 0.25) is 5.91 Å². The molecule has 1 aliphatic rings. The first kappa shape index (κ1) is 26.9. The van der Waals surface area contributed by atoms with E-state index in [0.717, 1.165) is 49.5 Å². The average Bonchev–Trinajstić information content (AvgIpc) is 2.91. The maximum absolute atomic E-state index is 13.7. The third kappa shape index (κ3) is 6.97. The van der Waals surface area contributed by atoms with Crippen LogP contribution in [0.15, 0.2) is 77.7 Å². The number of para-hydroxylation sites is 1. The summed E-state index contributed by atoms with van der Waals surface area (Å²) in [7, 11) is -3.95. The van der Waals surface area contributed by atoms with Gasteiger partial charge in [-0.2, -0.15) is 0 Å². The maximum Gasteiger partial charge on any atom is 0.264 e. The van der Waals surface area contributed by atoms with Gasteiger partial charge in [0.05, 0.1) is 23.8 Å². The largest absolute Gasteiger partial charge is 0.379 e. The van der Waals surface area contributed by atoms with E-state index in [1.807, 2.05) is 38.1 Å². The second kappa shape index (κ2) is 12.4. The molecule has 8 heteroatoms. The summed E-state index contributed by atoms with van der Waals surface area (Å²) < 4.78 is 34.0. The Kier molecular flexibility index (Phi) is 8.97. The summed E-state index contributed by atoms with van der Waals surface area (Å²) >= 11 is 0. The number of morpholine rings is 1. The number of carbonyl (C=O) groups is 1. The third-order valence-corrected chi connectivity index (χ3v) is 8.30. The van der Waals surface area contributed by atoms with E-state index in [2.05, 4.69) is 22.3 Å². The minimum atomic E-state index is -3.95. The Labute approximate surface area is 220 Å². The van der Waals surface area contributed by atoms with Gasteiger partial charge in [-0.25, -0.2) is 8.42 Å². The number of hydrogen-bond donors (Lipinski definition) is 1. The number of hydrogen-bond acceptors (Lipinski definition) is 5. The number of aryl methyl sites for hydroxylation is 2. The molecule has 0 radical (unpaired) electrons. The third-order valence-electron chi connectivity index (χ3n) is 6.53. The number of carbonyl (C=O) groups excluding carboxylic acids is 1. The Morgan fingerprint density at radius 3 is 2.41 bits per heavy atom. The van der Waals surface area contributed by atoms with Crippen LogP contribution in [0.2, 0.25) is 0 Å². The highest BCUT2D eigenvalue weighted by Gasteiger charge is 2.28. The zero-order valence-corrected chi connectivity index (χ0v) is 22.3. The first-order chi connectivity index (χ1) is 17.9. The maximum atomic E-state index is 13.7. The van der Waals surface area contributed by atoms with Crippen LogP contribution < -0.4 is 9.62 Å². The lowest BCUT2D eigenvalue weighted by Crippen LogP contribution is -2.41. The highest BCUT2D eigenvalue weighted by atomic mass is 32.2. The SMILES string of the molecule is CCc1ccccc1N(CC(=O)NCc1cccc(CN2CCOCC2)c1)S(=O)(=O)c1ccc(C)cc1. The van der Waals surface area contributed by atoms with Crippen LogP contribution in [0.5, 0.6) is 0 Å². The number of anilines is 1. The van der Waals surface area contributed by atoms with Crippen LogP contribution in [0.1, 0.15) is 29.2 Å². The second-order valence-corrected chi connectivity index (χ2v) is 11.2. The molecule has 1 heterocycles. The van der Waals surface area contributed by atoms with Gasteiger partial charge in [0.15, 0.2) is 0 Å². The smallest absolute Gasteiger partial charge is 0.264 e. The summed E-state index contributed by atoms with van der Waals surface area (Å²) in [5, 5.41) is 2.92. The summed E-state index contributed by atoms with van der Waals surface area (Å²) in [5.74, 6) is -0.361. The molecule has 0 atom stereocenters. The normalized spacial score (nSPS) is 14.3. The summed E-state index contributed by atoms with van der Waals surface area (Å²) in [6.45, 7) is 8.05. The van der Waals surface area contributed by atoms with Crippen molar-refractivity contribution < 1.29 is 17.9 Å². The van der Waals surface area contributed by atoms with Crippen LogP contribution in [0, 0.1) is 6.92 Å². The van der Waals surface area contributed by atoms with Crippen molar-refractivity contribution in [1.82, 2.24) is 10.2 Å². The van der Waals surface area contributed by atoms with Crippen LogP contribution >= 0.6 is 0 Å². The number of sulfonamides is 1. The monoisotopic (exact) mass is 521 g/mol. The number of nitrogens with one attached hydrogen (secondary N) is 1. The van der Waals surface area contributed by atoms with Gasteiger partial charge >= 0.3 is 0 Å². The van der Waals surface area contributed by atoms with Crippen molar-refractivity contribution in [2.45, 2.75) is 38.3 Å². The van der Waals surface area contributed by atoms with Gasteiger partial charge in [0.1, 0.15) is 6.54 Å². The molecule has 4 rings (SSSR count). The lowest BCUT2D eigenvalue weighted by atomic mass is 10.1. The van der Waals surface area contributed by atoms with E-state index < -0.39 is 10.0 Å². The molecular weight excluding hydrogens is 486 g/mol. The van der Waals surface area contributed by atoms with Crippen molar-refractivity contribution in [2.24, 2.45) is 0 Å². The van der Waals surface area contributed by atoms with Crippen molar-refractivity contribution in [3.63, 3.8) is 0 Å². The highest BCUT2D eigenvalue weighted by Crippen LogP contribution is 2.27. The molecule has 1 N–H and O–H groups in total. The molecule has 0 spiro atoms. The lowest BCUT2D eigenvalue weighted by molar-refractivity contribution is -0.119. The number of amides is 1. The number of benzene rings is 3. The first-order valence-electron chi connectivity index (χ1n) is 12.7. The molecule has 196 valence electrons. The molecule has 1 amide bonds.